The fourth-order valence-electron chi connectivity index (χ4n) is 2.74. The number of rotatable bonds is 5. The molecule has 0 unspecified atom stereocenters. The molecule has 2 rings (SSSR count). The highest BCUT2D eigenvalue weighted by Gasteiger charge is 2.23. The van der Waals surface area contributed by atoms with Gasteiger partial charge >= 0.3 is 6.03 Å². The van der Waals surface area contributed by atoms with E-state index in [2.05, 4.69) is 10.6 Å². The standard InChI is InChI=1S/C18H27N3O2/c1-3-10-19-18(23)21-11-8-16(9-12-21)20-17(22)13-15-6-4-14(2)5-7-15/h4-7,16H,3,8-13H2,1-2H3,(H,19,23)(H,20,22). The summed E-state index contributed by atoms with van der Waals surface area (Å²) in [7, 11) is 0. The molecule has 1 aromatic rings. The Bertz CT molecular complexity index is 520. The predicted octanol–water partition coefficient (Wildman–Crippen LogP) is 2.24. The van der Waals surface area contributed by atoms with Crippen molar-refractivity contribution < 1.29 is 9.59 Å². The van der Waals surface area contributed by atoms with Crippen molar-refractivity contribution in [1.29, 1.82) is 0 Å². The average Bonchev–Trinajstić information content (AvgIpc) is 2.55. The third kappa shape index (κ3) is 5.58. The number of likely N-dealkylation sites (tertiary alicyclic amines) is 1. The van der Waals surface area contributed by atoms with E-state index >= 15 is 0 Å². The first-order valence-electron chi connectivity index (χ1n) is 8.46. The van der Waals surface area contributed by atoms with Crippen molar-refractivity contribution >= 4 is 11.9 Å². The third-order valence-corrected chi connectivity index (χ3v) is 4.16. The fourth-order valence-corrected chi connectivity index (χ4v) is 2.74. The molecule has 1 heterocycles. The Morgan fingerprint density at radius 2 is 1.83 bits per heavy atom. The van der Waals surface area contributed by atoms with E-state index in [-0.39, 0.29) is 18.0 Å². The van der Waals surface area contributed by atoms with Gasteiger partial charge in [0.2, 0.25) is 5.91 Å². The maximum absolute atomic E-state index is 12.1. The van der Waals surface area contributed by atoms with Crippen molar-refractivity contribution in [3.05, 3.63) is 35.4 Å². The lowest BCUT2D eigenvalue weighted by Crippen LogP contribution is -2.49. The molecule has 0 aromatic heterocycles. The molecular weight excluding hydrogens is 290 g/mol. The maximum atomic E-state index is 12.1. The van der Waals surface area contributed by atoms with E-state index in [1.165, 1.54) is 5.56 Å². The zero-order valence-electron chi connectivity index (χ0n) is 14.1. The largest absolute Gasteiger partial charge is 0.353 e. The van der Waals surface area contributed by atoms with Gasteiger partial charge in [0.25, 0.3) is 0 Å². The number of hydrogen-bond acceptors (Lipinski definition) is 2. The number of urea groups is 1. The van der Waals surface area contributed by atoms with Gasteiger partial charge in [-0.25, -0.2) is 4.79 Å². The van der Waals surface area contributed by atoms with Crippen LogP contribution in [0.25, 0.3) is 0 Å². The van der Waals surface area contributed by atoms with Crippen LogP contribution in [0.2, 0.25) is 0 Å². The molecule has 23 heavy (non-hydrogen) atoms. The second-order valence-corrected chi connectivity index (χ2v) is 6.22. The zero-order chi connectivity index (χ0) is 16.7. The Morgan fingerprint density at radius 1 is 1.17 bits per heavy atom. The number of carbonyl (C=O) groups is 2. The molecule has 3 amide bonds. The molecule has 1 saturated heterocycles. The van der Waals surface area contributed by atoms with E-state index in [1.807, 2.05) is 43.0 Å². The van der Waals surface area contributed by atoms with Crippen LogP contribution in [0.5, 0.6) is 0 Å². The Hall–Kier alpha value is -2.04. The van der Waals surface area contributed by atoms with Crippen molar-refractivity contribution in [2.75, 3.05) is 19.6 Å². The van der Waals surface area contributed by atoms with Crippen molar-refractivity contribution in [2.45, 2.75) is 45.6 Å². The zero-order valence-corrected chi connectivity index (χ0v) is 14.1. The molecule has 0 radical (unpaired) electrons. The van der Waals surface area contributed by atoms with Gasteiger partial charge in [0.05, 0.1) is 6.42 Å². The minimum absolute atomic E-state index is 0.0104. The first-order valence-corrected chi connectivity index (χ1v) is 8.46. The van der Waals surface area contributed by atoms with Gasteiger partial charge in [-0.1, -0.05) is 36.8 Å². The molecule has 1 aliphatic rings. The normalized spacial score (nSPS) is 15.3. The molecule has 1 aromatic carbocycles. The Kier molecular flexibility index (Phi) is 6.44. The molecule has 126 valence electrons. The van der Waals surface area contributed by atoms with Crippen molar-refractivity contribution in [2.24, 2.45) is 0 Å². The van der Waals surface area contributed by atoms with Crippen molar-refractivity contribution in [3.8, 4) is 0 Å². The van der Waals surface area contributed by atoms with E-state index in [1.54, 1.807) is 0 Å². The summed E-state index contributed by atoms with van der Waals surface area (Å²) in [4.78, 5) is 25.8. The number of piperidine rings is 1. The molecule has 5 nitrogen and oxygen atoms in total. The summed E-state index contributed by atoms with van der Waals surface area (Å²) in [5.74, 6) is 0.0581. The van der Waals surface area contributed by atoms with Gasteiger partial charge in [0, 0.05) is 25.7 Å². The average molecular weight is 317 g/mol. The fraction of sp³-hybridized carbons (Fsp3) is 0.556. The van der Waals surface area contributed by atoms with Gasteiger partial charge in [-0.3, -0.25) is 4.79 Å². The summed E-state index contributed by atoms with van der Waals surface area (Å²) in [5, 5.41) is 5.98. The Morgan fingerprint density at radius 3 is 2.43 bits per heavy atom. The number of nitrogens with one attached hydrogen (secondary N) is 2. The van der Waals surface area contributed by atoms with Gasteiger partial charge in [-0.15, -0.1) is 0 Å². The van der Waals surface area contributed by atoms with Crippen LogP contribution in [0.15, 0.2) is 24.3 Å². The molecule has 1 aliphatic heterocycles. The topological polar surface area (TPSA) is 61.4 Å². The Labute approximate surface area is 138 Å². The molecule has 0 atom stereocenters. The lowest BCUT2D eigenvalue weighted by molar-refractivity contribution is -0.121. The van der Waals surface area contributed by atoms with Gasteiger partial charge < -0.3 is 15.5 Å². The molecule has 0 aliphatic carbocycles. The smallest absolute Gasteiger partial charge is 0.317 e. The summed E-state index contributed by atoms with van der Waals surface area (Å²) < 4.78 is 0. The van der Waals surface area contributed by atoms with E-state index in [9.17, 15) is 9.59 Å². The van der Waals surface area contributed by atoms with E-state index in [4.69, 9.17) is 0 Å². The number of benzene rings is 1. The molecule has 2 N–H and O–H groups in total. The number of aryl methyl sites for hydroxylation is 1. The highest BCUT2D eigenvalue weighted by Crippen LogP contribution is 2.11. The van der Waals surface area contributed by atoms with Crippen LogP contribution < -0.4 is 10.6 Å². The van der Waals surface area contributed by atoms with Crippen LogP contribution >= 0.6 is 0 Å². The van der Waals surface area contributed by atoms with Crippen LogP contribution in [-0.4, -0.2) is 42.5 Å². The van der Waals surface area contributed by atoms with Crippen molar-refractivity contribution in [3.63, 3.8) is 0 Å². The summed E-state index contributed by atoms with van der Waals surface area (Å²) in [6.45, 7) is 6.19. The van der Waals surface area contributed by atoms with Crippen molar-refractivity contribution in [1.82, 2.24) is 15.5 Å². The summed E-state index contributed by atoms with van der Waals surface area (Å²) >= 11 is 0. The highest BCUT2D eigenvalue weighted by molar-refractivity contribution is 5.79. The molecule has 5 heteroatoms. The molecule has 0 saturated carbocycles. The number of amides is 3. The van der Waals surface area contributed by atoms with Gasteiger partial charge in [0.15, 0.2) is 0 Å². The lowest BCUT2D eigenvalue weighted by Gasteiger charge is -2.32. The molecule has 0 spiro atoms. The van der Waals surface area contributed by atoms with Crippen LogP contribution in [-0.2, 0) is 11.2 Å². The minimum atomic E-state index is 0.0104. The summed E-state index contributed by atoms with van der Waals surface area (Å²) in [6.07, 6.45) is 2.99. The lowest BCUT2D eigenvalue weighted by atomic mass is 10.0. The second-order valence-electron chi connectivity index (χ2n) is 6.22. The SMILES string of the molecule is CCCNC(=O)N1CCC(NC(=O)Cc2ccc(C)cc2)CC1. The predicted molar refractivity (Wildman–Crippen MR) is 91.3 cm³/mol. The number of carbonyl (C=O) groups excluding carboxylic acids is 2. The highest BCUT2D eigenvalue weighted by atomic mass is 16.2. The molecule has 0 bridgehead atoms. The van der Waals surface area contributed by atoms with Gasteiger partial charge in [-0.2, -0.15) is 0 Å². The third-order valence-electron chi connectivity index (χ3n) is 4.16. The minimum Gasteiger partial charge on any atom is -0.353 e. The van der Waals surface area contributed by atoms with Crippen LogP contribution in [0.4, 0.5) is 4.79 Å². The van der Waals surface area contributed by atoms with E-state index in [0.29, 0.717) is 26.1 Å². The molecular formula is C18H27N3O2. The van der Waals surface area contributed by atoms with Crippen LogP contribution in [0.3, 0.4) is 0 Å². The maximum Gasteiger partial charge on any atom is 0.317 e. The van der Waals surface area contributed by atoms with Gasteiger partial charge in [0.1, 0.15) is 0 Å². The van der Waals surface area contributed by atoms with Gasteiger partial charge in [-0.05, 0) is 31.7 Å². The summed E-state index contributed by atoms with van der Waals surface area (Å²) in [6, 6.07) is 8.22. The monoisotopic (exact) mass is 317 g/mol. The first kappa shape index (κ1) is 17.3. The first-order chi connectivity index (χ1) is 11.1. The Balaban J connectivity index is 1.72. The van der Waals surface area contributed by atoms with E-state index < -0.39 is 0 Å². The number of hydrogen-bond donors (Lipinski definition) is 2. The molecule has 1 fully saturated rings. The van der Waals surface area contributed by atoms with Crippen LogP contribution in [0.1, 0.15) is 37.3 Å². The summed E-state index contributed by atoms with van der Waals surface area (Å²) in [5.41, 5.74) is 2.23. The van der Waals surface area contributed by atoms with Crippen LogP contribution in [0, 0.1) is 6.92 Å². The second kappa shape index (κ2) is 8.56. The quantitative estimate of drug-likeness (QED) is 0.875. The number of nitrogens with zero attached hydrogens (tertiary/aromatic N) is 1. The van der Waals surface area contributed by atoms with E-state index in [0.717, 1.165) is 24.8 Å².